The van der Waals surface area contributed by atoms with E-state index in [1.54, 1.807) is 13.2 Å². The molecule has 0 fully saturated rings. The molecule has 1 amide bonds. The zero-order valence-electron chi connectivity index (χ0n) is 9.33. The number of hydrogen-bond acceptors (Lipinski definition) is 4. The molecule has 0 saturated carbocycles. The Morgan fingerprint density at radius 2 is 2.50 bits per heavy atom. The van der Waals surface area contributed by atoms with Gasteiger partial charge >= 0.3 is 0 Å². The molecule has 0 aliphatic carbocycles. The summed E-state index contributed by atoms with van der Waals surface area (Å²) >= 11 is 3.34. The summed E-state index contributed by atoms with van der Waals surface area (Å²) in [5.41, 5.74) is 0.286. The second-order valence-electron chi connectivity index (χ2n) is 3.58. The maximum Gasteiger partial charge on any atom is 0.273 e. The first-order valence-electron chi connectivity index (χ1n) is 4.96. The van der Waals surface area contributed by atoms with E-state index in [-0.39, 0.29) is 11.6 Å². The van der Waals surface area contributed by atoms with E-state index in [0.717, 1.165) is 5.33 Å². The molecule has 5 nitrogen and oxygen atoms in total. The van der Waals surface area contributed by atoms with Crippen LogP contribution in [0.5, 0.6) is 0 Å². The summed E-state index contributed by atoms with van der Waals surface area (Å²) in [5, 5.41) is 7.28. The van der Waals surface area contributed by atoms with Gasteiger partial charge in [0.25, 0.3) is 5.91 Å². The minimum absolute atomic E-state index is 0.223. The van der Waals surface area contributed by atoms with Crippen molar-refractivity contribution in [3.8, 4) is 0 Å². The fourth-order valence-electron chi connectivity index (χ4n) is 1.04. The smallest absolute Gasteiger partial charge is 0.273 e. The van der Waals surface area contributed by atoms with Crippen molar-refractivity contribution in [2.24, 2.45) is 5.92 Å². The number of nitrogens with one attached hydrogen (secondary N) is 1. The van der Waals surface area contributed by atoms with Crippen molar-refractivity contribution in [1.29, 1.82) is 0 Å². The first kappa shape index (κ1) is 13.2. The number of aromatic nitrogens is 1. The molecule has 6 heteroatoms. The second kappa shape index (κ2) is 6.65. The van der Waals surface area contributed by atoms with Crippen LogP contribution in [0.15, 0.2) is 10.6 Å². The van der Waals surface area contributed by atoms with E-state index < -0.39 is 0 Å². The van der Waals surface area contributed by atoms with E-state index in [9.17, 15) is 4.79 Å². The van der Waals surface area contributed by atoms with Crippen LogP contribution >= 0.6 is 15.9 Å². The van der Waals surface area contributed by atoms with Crippen LogP contribution in [0.2, 0.25) is 0 Å². The van der Waals surface area contributed by atoms with Crippen LogP contribution in [0.4, 0.5) is 0 Å². The normalized spacial score (nSPS) is 12.4. The highest BCUT2D eigenvalue weighted by atomic mass is 79.9. The van der Waals surface area contributed by atoms with Crippen LogP contribution in [-0.2, 0) is 11.3 Å². The average molecular weight is 291 g/mol. The Bertz CT molecular complexity index is 341. The van der Waals surface area contributed by atoms with Gasteiger partial charge in [0.15, 0.2) is 11.5 Å². The SMILES string of the molecule is COCc1cc(C(=O)NCC(C)CBr)no1. The van der Waals surface area contributed by atoms with Gasteiger partial charge in [0.2, 0.25) is 0 Å². The number of amides is 1. The van der Waals surface area contributed by atoms with Crippen LogP contribution in [0.3, 0.4) is 0 Å². The minimum atomic E-state index is -0.223. The second-order valence-corrected chi connectivity index (χ2v) is 4.23. The zero-order chi connectivity index (χ0) is 12.0. The van der Waals surface area contributed by atoms with E-state index in [2.05, 4.69) is 26.4 Å². The van der Waals surface area contributed by atoms with Crippen molar-refractivity contribution in [3.63, 3.8) is 0 Å². The van der Waals surface area contributed by atoms with E-state index in [1.165, 1.54) is 0 Å². The lowest BCUT2D eigenvalue weighted by Crippen LogP contribution is -2.28. The molecule has 1 aromatic rings. The number of halogens is 1. The van der Waals surface area contributed by atoms with Crippen molar-refractivity contribution in [2.75, 3.05) is 19.0 Å². The van der Waals surface area contributed by atoms with Crippen LogP contribution < -0.4 is 5.32 Å². The third kappa shape index (κ3) is 3.94. The lowest BCUT2D eigenvalue weighted by atomic mass is 10.2. The van der Waals surface area contributed by atoms with Gasteiger partial charge in [-0.2, -0.15) is 0 Å². The predicted molar refractivity (Wildman–Crippen MR) is 62.5 cm³/mol. The van der Waals surface area contributed by atoms with Gasteiger partial charge < -0.3 is 14.6 Å². The third-order valence-electron chi connectivity index (χ3n) is 1.95. The van der Waals surface area contributed by atoms with Gasteiger partial charge in [-0.1, -0.05) is 28.0 Å². The number of carbonyl (C=O) groups excluding carboxylic acids is 1. The van der Waals surface area contributed by atoms with E-state index in [0.29, 0.717) is 24.8 Å². The quantitative estimate of drug-likeness (QED) is 0.808. The summed E-state index contributed by atoms with van der Waals surface area (Å²) < 4.78 is 9.78. The molecule has 1 heterocycles. The van der Waals surface area contributed by atoms with Gasteiger partial charge in [-0.3, -0.25) is 4.79 Å². The zero-order valence-corrected chi connectivity index (χ0v) is 10.9. The Labute approximate surface area is 103 Å². The van der Waals surface area contributed by atoms with Gasteiger partial charge in [0, 0.05) is 25.1 Å². The fraction of sp³-hybridized carbons (Fsp3) is 0.600. The van der Waals surface area contributed by atoms with Gasteiger partial charge in [-0.15, -0.1) is 0 Å². The molecule has 0 spiro atoms. The molecule has 1 rings (SSSR count). The molecule has 0 aliphatic rings. The number of nitrogens with zero attached hydrogens (tertiary/aromatic N) is 1. The largest absolute Gasteiger partial charge is 0.377 e. The molecule has 1 unspecified atom stereocenters. The van der Waals surface area contributed by atoms with Crippen LogP contribution in [0.25, 0.3) is 0 Å². The Balaban J connectivity index is 2.46. The Kier molecular flexibility index (Phi) is 5.48. The summed E-state index contributed by atoms with van der Waals surface area (Å²) in [6.07, 6.45) is 0. The molecule has 0 radical (unpaired) electrons. The van der Waals surface area contributed by atoms with Crippen molar-refractivity contribution in [1.82, 2.24) is 10.5 Å². The number of carbonyl (C=O) groups is 1. The first-order valence-corrected chi connectivity index (χ1v) is 6.08. The van der Waals surface area contributed by atoms with Crippen LogP contribution in [0, 0.1) is 5.92 Å². The van der Waals surface area contributed by atoms with E-state index in [1.807, 2.05) is 6.92 Å². The number of methoxy groups -OCH3 is 1. The highest BCUT2D eigenvalue weighted by Gasteiger charge is 2.12. The number of ether oxygens (including phenoxy) is 1. The number of hydrogen-bond donors (Lipinski definition) is 1. The van der Waals surface area contributed by atoms with Gasteiger partial charge in [0.05, 0.1) is 0 Å². The average Bonchev–Trinajstić information content (AvgIpc) is 2.74. The van der Waals surface area contributed by atoms with E-state index in [4.69, 9.17) is 9.26 Å². The highest BCUT2D eigenvalue weighted by Crippen LogP contribution is 2.05. The topological polar surface area (TPSA) is 64.4 Å². The first-order chi connectivity index (χ1) is 7.67. The summed E-state index contributed by atoms with van der Waals surface area (Å²) in [4.78, 5) is 11.6. The summed E-state index contributed by atoms with van der Waals surface area (Å²) in [6, 6.07) is 1.58. The molecule has 0 aliphatic heterocycles. The molecular weight excluding hydrogens is 276 g/mol. The van der Waals surface area contributed by atoms with E-state index >= 15 is 0 Å². The van der Waals surface area contributed by atoms with Crippen LogP contribution in [0.1, 0.15) is 23.2 Å². The Morgan fingerprint density at radius 1 is 1.75 bits per heavy atom. The lowest BCUT2D eigenvalue weighted by Gasteiger charge is -2.07. The van der Waals surface area contributed by atoms with Gasteiger partial charge in [-0.05, 0) is 5.92 Å². The number of rotatable bonds is 6. The molecular formula is C10H15BrN2O3. The molecule has 0 saturated heterocycles. The molecule has 90 valence electrons. The van der Waals surface area contributed by atoms with Crippen molar-refractivity contribution in [2.45, 2.75) is 13.5 Å². The third-order valence-corrected chi connectivity index (χ3v) is 3.06. The predicted octanol–water partition coefficient (Wildman–Crippen LogP) is 1.58. The highest BCUT2D eigenvalue weighted by molar-refractivity contribution is 9.09. The Hall–Kier alpha value is -0.880. The van der Waals surface area contributed by atoms with Crippen molar-refractivity contribution in [3.05, 3.63) is 17.5 Å². The summed E-state index contributed by atoms with van der Waals surface area (Å²) in [5.74, 6) is 0.703. The monoisotopic (exact) mass is 290 g/mol. The Morgan fingerprint density at radius 3 is 3.12 bits per heavy atom. The maximum absolute atomic E-state index is 11.6. The molecule has 16 heavy (non-hydrogen) atoms. The lowest BCUT2D eigenvalue weighted by molar-refractivity contribution is 0.0939. The van der Waals surface area contributed by atoms with Gasteiger partial charge in [-0.25, -0.2) is 0 Å². The fourth-order valence-corrected chi connectivity index (χ4v) is 1.27. The molecule has 1 N–H and O–H groups in total. The standard InChI is InChI=1S/C10H15BrN2O3/c1-7(4-11)5-12-10(14)9-3-8(6-15-2)16-13-9/h3,7H,4-6H2,1-2H3,(H,12,14). The molecule has 0 bridgehead atoms. The molecule has 1 aromatic heterocycles. The number of alkyl halides is 1. The maximum atomic E-state index is 11.6. The van der Waals surface area contributed by atoms with Crippen LogP contribution in [-0.4, -0.2) is 30.0 Å². The summed E-state index contributed by atoms with van der Waals surface area (Å²) in [6.45, 7) is 2.96. The van der Waals surface area contributed by atoms with Crippen molar-refractivity contribution < 1.29 is 14.1 Å². The summed E-state index contributed by atoms with van der Waals surface area (Å²) in [7, 11) is 1.56. The van der Waals surface area contributed by atoms with Crippen molar-refractivity contribution >= 4 is 21.8 Å². The van der Waals surface area contributed by atoms with Gasteiger partial charge in [0.1, 0.15) is 6.61 Å². The molecule has 0 aromatic carbocycles. The minimum Gasteiger partial charge on any atom is -0.377 e. The molecule has 1 atom stereocenters.